The van der Waals surface area contributed by atoms with Crippen LogP contribution in [-0.4, -0.2) is 41.6 Å². The van der Waals surface area contributed by atoms with Crippen molar-refractivity contribution in [1.29, 1.82) is 0 Å². The van der Waals surface area contributed by atoms with Gasteiger partial charge >= 0.3 is 0 Å². The summed E-state index contributed by atoms with van der Waals surface area (Å²) in [6.45, 7) is 6.26. The molecule has 15 heavy (non-hydrogen) atoms. The van der Waals surface area contributed by atoms with E-state index < -0.39 is 0 Å². The average Bonchev–Trinajstić information content (AvgIpc) is 2.50. The molecule has 1 aliphatic heterocycles. The van der Waals surface area contributed by atoms with Crippen molar-refractivity contribution in [3.05, 3.63) is 17.2 Å². The number of imidazole rings is 1. The van der Waals surface area contributed by atoms with Gasteiger partial charge in [-0.1, -0.05) is 0 Å². The fourth-order valence-corrected chi connectivity index (χ4v) is 2.10. The van der Waals surface area contributed by atoms with E-state index >= 15 is 0 Å². The largest absolute Gasteiger partial charge is 0.331 e. The van der Waals surface area contributed by atoms with Crippen LogP contribution in [0.3, 0.4) is 0 Å². The molecule has 4 heteroatoms. The zero-order valence-corrected chi connectivity index (χ0v) is 9.88. The van der Waals surface area contributed by atoms with Crippen LogP contribution in [0.1, 0.15) is 17.2 Å². The molecule has 2 heterocycles. The Hall–Kier alpha value is -0.870. The van der Waals surface area contributed by atoms with Gasteiger partial charge in [0.25, 0.3) is 0 Å². The van der Waals surface area contributed by atoms with Gasteiger partial charge in [-0.15, -0.1) is 0 Å². The van der Waals surface area contributed by atoms with Crippen molar-refractivity contribution in [3.8, 4) is 0 Å². The first-order valence-corrected chi connectivity index (χ1v) is 5.59. The van der Waals surface area contributed by atoms with Gasteiger partial charge in [-0.2, -0.15) is 0 Å². The molecule has 1 aromatic rings. The minimum Gasteiger partial charge on any atom is -0.331 e. The summed E-state index contributed by atoms with van der Waals surface area (Å²) in [5.41, 5.74) is 2.69. The number of hydrogen-bond donors (Lipinski definition) is 1. The third kappa shape index (κ3) is 2.21. The molecule has 0 aliphatic carbocycles. The van der Waals surface area contributed by atoms with Gasteiger partial charge in [0.2, 0.25) is 0 Å². The van der Waals surface area contributed by atoms with Gasteiger partial charge in [0.15, 0.2) is 0 Å². The van der Waals surface area contributed by atoms with Gasteiger partial charge in [0.05, 0.1) is 5.69 Å². The lowest BCUT2D eigenvalue weighted by Crippen LogP contribution is -2.26. The molecule has 0 atom stereocenters. The highest BCUT2D eigenvalue weighted by Gasteiger charge is 2.17. The maximum absolute atomic E-state index is 4.61. The number of hydrogen-bond acceptors (Lipinski definition) is 3. The fourth-order valence-electron chi connectivity index (χ4n) is 2.10. The van der Waals surface area contributed by atoms with Crippen LogP contribution in [0.5, 0.6) is 0 Å². The number of likely N-dealkylation sites (N-methyl/N-ethyl adjacent to an activating group) is 1. The quantitative estimate of drug-likeness (QED) is 0.780. The second-order valence-electron chi connectivity index (χ2n) is 4.43. The Balaban J connectivity index is 2.18. The second-order valence-corrected chi connectivity index (χ2v) is 4.43. The maximum atomic E-state index is 4.61. The number of aryl methyl sites for hydroxylation is 1. The molecule has 0 radical (unpaired) electrons. The molecule has 0 aromatic carbocycles. The highest BCUT2D eigenvalue weighted by Crippen LogP contribution is 2.15. The minimum atomic E-state index is 0.936. The zero-order chi connectivity index (χ0) is 10.8. The molecule has 1 N–H and O–H groups in total. The van der Waals surface area contributed by atoms with E-state index in [4.69, 9.17) is 0 Å². The molecule has 1 aromatic heterocycles. The summed E-state index contributed by atoms with van der Waals surface area (Å²) in [5, 5.41) is 3.36. The molecule has 2 rings (SSSR count). The van der Waals surface area contributed by atoms with Crippen molar-refractivity contribution < 1.29 is 0 Å². The molecular weight excluding hydrogens is 188 g/mol. The molecule has 4 nitrogen and oxygen atoms in total. The van der Waals surface area contributed by atoms with Crippen molar-refractivity contribution in [3.63, 3.8) is 0 Å². The molecule has 0 unspecified atom stereocenters. The number of nitrogens with one attached hydrogen (secondary N) is 1. The van der Waals surface area contributed by atoms with Crippen LogP contribution in [0.15, 0.2) is 0 Å². The molecule has 0 saturated heterocycles. The number of aromatic nitrogens is 2. The predicted molar refractivity (Wildman–Crippen MR) is 60.9 cm³/mol. The van der Waals surface area contributed by atoms with Crippen LogP contribution >= 0.6 is 0 Å². The summed E-state index contributed by atoms with van der Waals surface area (Å²) in [6, 6.07) is 0. The fraction of sp³-hybridized carbons (Fsp3) is 0.727. The Labute approximate surface area is 91.3 Å². The summed E-state index contributed by atoms with van der Waals surface area (Å²) in [5.74, 6) is 1.16. The Morgan fingerprint density at radius 1 is 1.47 bits per heavy atom. The highest BCUT2D eigenvalue weighted by molar-refractivity contribution is 5.19. The Kier molecular flexibility index (Phi) is 3.07. The van der Waals surface area contributed by atoms with Gasteiger partial charge < -0.3 is 14.8 Å². The number of fused-ring (bicyclic) bond motifs is 1. The van der Waals surface area contributed by atoms with Gasteiger partial charge in [0.1, 0.15) is 5.82 Å². The van der Waals surface area contributed by atoms with E-state index in [1.54, 1.807) is 0 Å². The van der Waals surface area contributed by atoms with Gasteiger partial charge in [0, 0.05) is 38.3 Å². The first-order chi connectivity index (χ1) is 7.18. The van der Waals surface area contributed by atoms with Crippen molar-refractivity contribution in [1.82, 2.24) is 19.8 Å². The smallest absolute Gasteiger partial charge is 0.106 e. The van der Waals surface area contributed by atoms with E-state index in [1.807, 2.05) is 0 Å². The minimum absolute atomic E-state index is 0.936. The summed E-state index contributed by atoms with van der Waals surface area (Å²) in [7, 11) is 4.22. The summed E-state index contributed by atoms with van der Waals surface area (Å²) < 4.78 is 2.37. The van der Waals surface area contributed by atoms with Gasteiger partial charge in [-0.3, -0.25) is 0 Å². The lowest BCUT2D eigenvalue weighted by Gasteiger charge is -2.17. The summed E-state index contributed by atoms with van der Waals surface area (Å²) in [4.78, 5) is 6.83. The third-order valence-corrected chi connectivity index (χ3v) is 2.95. The van der Waals surface area contributed by atoms with E-state index in [9.17, 15) is 0 Å². The van der Waals surface area contributed by atoms with E-state index in [0.717, 1.165) is 38.4 Å². The van der Waals surface area contributed by atoms with E-state index in [0.29, 0.717) is 0 Å². The molecule has 1 aliphatic rings. The first kappa shape index (κ1) is 10.6. The Bertz CT molecular complexity index is 341. The van der Waals surface area contributed by atoms with Crippen molar-refractivity contribution in [2.45, 2.75) is 26.4 Å². The molecule has 0 spiro atoms. The Morgan fingerprint density at radius 2 is 2.27 bits per heavy atom. The average molecular weight is 208 g/mol. The SMILES string of the molecule is Cc1nc2c(n1CCN(C)C)CCNC2. The first-order valence-electron chi connectivity index (χ1n) is 5.59. The predicted octanol–water partition coefficient (Wildman–Crippen LogP) is 0.399. The summed E-state index contributed by atoms with van der Waals surface area (Å²) in [6.07, 6.45) is 1.11. The molecular formula is C11H20N4. The van der Waals surface area contributed by atoms with Crippen LogP contribution in [-0.2, 0) is 19.5 Å². The number of rotatable bonds is 3. The third-order valence-electron chi connectivity index (χ3n) is 2.95. The lowest BCUT2D eigenvalue weighted by atomic mass is 10.2. The topological polar surface area (TPSA) is 33.1 Å². The van der Waals surface area contributed by atoms with Gasteiger partial charge in [-0.25, -0.2) is 4.98 Å². The van der Waals surface area contributed by atoms with E-state index in [1.165, 1.54) is 11.4 Å². The standard InChI is InChI=1S/C11H20N4/c1-9-13-10-8-12-5-4-11(10)15(9)7-6-14(2)3/h12H,4-8H2,1-3H3. The second kappa shape index (κ2) is 4.33. The molecule has 0 bridgehead atoms. The van der Waals surface area contributed by atoms with E-state index in [2.05, 4.69) is 40.8 Å². The van der Waals surface area contributed by atoms with Crippen molar-refractivity contribution in [2.75, 3.05) is 27.2 Å². The van der Waals surface area contributed by atoms with E-state index in [-0.39, 0.29) is 0 Å². The lowest BCUT2D eigenvalue weighted by molar-refractivity contribution is 0.377. The molecule has 0 amide bonds. The van der Waals surface area contributed by atoms with Crippen molar-refractivity contribution >= 4 is 0 Å². The zero-order valence-electron chi connectivity index (χ0n) is 9.88. The Morgan fingerprint density at radius 3 is 3.00 bits per heavy atom. The van der Waals surface area contributed by atoms with Crippen LogP contribution in [0, 0.1) is 6.92 Å². The van der Waals surface area contributed by atoms with Crippen LogP contribution < -0.4 is 5.32 Å². The molecule has 84 valence electrons. The van der Waals surface area contributed by atoms with Gasteiger partial charge in [-0.05, 0) is 21.0 Å². The monoisotopic (exact) mass is 208 g/mol. The maximum Gasteiger partial charge on any atom is 0.106 e. The summed E-state index contributed by atoms with van der Waals surface area (Å²) >= 11 is 0. The molecule has 0 saturated carbocycles. The molecule has 0 fully saturated rings. The normalized spacial score (nSPS) is 15.7. The number of nitrogens with zero attached hydrogens (tertiary/aromatic N) is 3. The van der Waals surface area contributed by atoms with Crippen LogP contribution in [0.25, 0.3) is 0 Å². The van der Waals surface area contributed by atoms with Crippen LogP contribution in [0.4, 0.5) is 0 Å². The van der Waals surface area contributed by atoms with Crippen LogP contribution in [0.2, 0.25) is 0 Å². The highest BCUT2D eigenvalue weighted by atomic mass is 15.2. The van der Waals surface area contributed by atoms with Crippen molar-refractivity contribution in [2.24, 2.45) is 0 Å².